The van der Waals surface area contributed by atoms with Crippen molar-refractivity contribution in [2.45, 2.75) is 50.7 Å². The van der Waals surface area contributed by atoms with Gasteiger partial charge in [0.1, 0.15) is 11.7 Å². The number of amides is 4. The summed E-state index contributed by atoms with van der Waals surface area (Å²) in [5.74, 6) is -2.24. The lowest BCUT2D eigenvalue weighted by Gasteiger charge is -2.29. The molecule has 4 amide bonds. The number of benzene rings is 1. The molecule has 2 aliphatic heterocycles. The van der Waals surface area contributed by atoms with E-state index in [1.807, 2.05) is 10.8 Å². The lowest BCUT2D eigenvalue weighted by Crippen LogP contribution is -2.52. The van der Waals surface area contributed by atoms with E-state index in [-0.39, 0.29) is 42.5 Å². The molecule has 0 spiro atoms. The Bertz CT molecular complexity index is 1430. The van der Waals surface area contributed by atoms with E-state index in [0.717, 1.165) is 19.3 Å². The number of carbonyl (C=O) groups excluding carboxylic acids is 4. The minimum Gasteiger partial charge on any atom is -0.329 e. The normalized spacial score (nSPS) is 20.1. The molecule has 3 aliphatic rings. The summed E-state index contributed by atoms with van der Waals surface area (Å²) in [7, 11) is 0. The summed E-state index contributed by atoms with van der Waals surface area (Å²) in [5.41, 5.74) is 1.80. The highest BCUT2D eigenvalue weighted by atomic mass is 19.1. The fourth-order valence-electron chi connectivity index (χ4n) is 5.03. The zero-order valence-electron chi connectivity index (χ0n) is 18.7. The van der Waals surface area contributed by atoms with E-state index in [4.69, 9.17) is 0 Å². The summed E-state index contributed by atoms with van der Waals surface area (Å²) in [6, 6.07) is 5.89. The van der Waals surface area contributed by atoms with Gasteiger partial charge in [-0.3, -0.25) is 24.5 Å². The molecule has 2 fully saturated rings. The molecule has 1 aromatic carbocycles. The third-order valence-corrected chi connectivity index (χ3v) is 7.18. The van der Waals surface area contributed by atoms with Crippen molar-refractivity contribution in [2.75, 3.05) is 5.32 Å². The van der Waals surface area contributed by atoms with Crippen LogP contribution in [0, 0.1) is 5.82 Å². The highest BCUT2D eigenvalue weighted by Gasteiger charge is 2.39. The maximum atomic E-state index is 15.2. The number of hydrogen-bond acceptors (Lipinski definition) is 5. The first-order valence-electron chi connectivity index (χ1n) is 11.6. The number of nitrogens with zero attached hydrogens (tertiary/aromatic N) is 3. The molecule has 178 valence electrons. The first-order chi connectivity index (χ1) is 16.9. The number of carbonyl (C=O) groups is 4. The van der Waals surface area contributed by atoms with Crippen LogP contribution in [0.3, 0.4) is 0 Å². The third-order valence-electron chi connectivity index (χ3n) is 7.18. The Labute approximate surface area is 199 Å². The van der Waals surface area contributed by atoms with Gasteiger partial charge in [-0.15, -0.1) is 0 Å². The predicted octanol–water partition coefficient (Wildman–Crippen LogP) is 2.91. The number of hydrogen-bond donors (Lipinski definition) is 2. The van der Waals surface area contributed by atoms with E-state index in [1.54, 1.807) is 12.1 Å². The Morgan fingerprint density at radius 2 is 1.97 bits per heavy atom. The van der Waals surface area contributed by atoms with Gasteiger partial charge >= 0.3 is 0 Å². The monoisotopic (exact) mass is 475 g/mol. The number of pyridine rings is 1. The van der Waals surface area contributed by atoms with Gasteiger partial charge in [-0.1, -0.05) is 0 Å². The van der Waals surface area contributed by atoms with Crippen LogP contribution in [0.25, 0.3) is 11.0 Å². The summed E-state index contributed by atoms with van der Waals surface area (Å²) in [6.07, 6.45) is 6.83. The molecule has 0 radical (unpaired) electrons. The molecule has 0 bridgehead atoms. The van der Waals surface area contributed by atoms with Gasteiger partial charge in [0.15, 0.2) is 5.82 Å². The molecule has 1 saturated heterocycles. The minimum absolute atomic E-state index is 0.0180. The van der Waals surface area contributed by atoms with Gasteiger partial charge in [0, 0.05) is 36.3 Å². The number of imide groups is 1. The summed E-state index contributed by atoms with van der Waals surface area (Å²) < 4.78 is 17.1. The first kappa shape index (κ1) is 21.5. The highest BCUT2D eigenvalue weighted by molar-refractivity contribution is 6.08. The number of fused-ring (bicyclic) bond motifs is 2. The molecular formula is C25H22FN5O4. The molecule has 3 aromatic rings. The van der Waals surface area contributed by atoms with Gasteiger partial charge in [-0.25, -0.2) is 9.37 Å². The third kappa shape index (κ3) is 3.48. The molecule has 6 rings (SSSR count). The van der Waals surface area contributed by atoms with Crippen molar-refractivity contribution in [3.63, 3.8) is 0 Å². The average molecular weight is 475 g/mol. The number of halogens is 1. The molecule has 1 aliphatic carbocycles. The topological polar surface area (TPSA) is 113 Å². The predicted molar refractivity (Wildman–Crippen MR) is 123 cm³/mol. The second-order valence-electron chi connectivity index (χ2n) is 9.26. The van der Waals surface area contributed by atoms with Crippen LogP contribution in [0.4, 0.5) is 10.1 Å². The summed E-state index contributed by atoms with van der Waals surface area (Å²) in [4.78, 5) is 55.2. The van der Waals surface area contributed by atoms with Crippen molar-refractivity contribution in [1.82, 2.24) is 19.8 Å². The Kier molecular flexibility index (Phi) is 4.91. The first-order valence-corrected chi connectivity index (χ1v) is 11.6. The second-order valence-corrected chi connectivity index (χ2v) is 9.26. The fraction of sp³-hybridized carbons (Fsp3) is 0.320. The van der Waals surface area contributed by atoms with E-state index in [1.165, 1.54) is 23.2 Å². The Hall–Kier alpha value is -4.08. The van der Waals surface area contributed by atoms with Gasteiger partial charge in [-0.05, 0) is 55.5 Å². The van der Waals surface area contributed by atoms with Crippen LogP contribution >= 0.6 is 0 Å². The zero-order valence-corrected chi connectivity index (χ0v) is 18.7. The highest BCUT2D eigenvalue weighted by Crippen LogP contribution is 2.35. The largest absolute Gasteiger partial charge is 0.329 e. The lowest BCUT2D eigenvalue weighted by molar-refractivity contribution is -0.136. The number of rotatable bonds is 4. The Morgan fingerprint density at radius 1 is 1.14 bits per heavy atom. The molecule has 9 nitrogen and oxygen atoms in total. The maximum Gasteiger partial charge on any atom is 0.255 e. The van der Waals surface area contributed by atoms with E-state index < -0.39 is 23.7 Å². The molecule has 35 heavy (non-hydrogen) atoms. The SMILES string of the molecule is O=C1CCC(N2Cc3cc(C(=O)Nc4cnc5c(ccn5C5CCC5)c4F)ccc3C2=O)C(=O)N1. The molecular weight excluding hydrogens is 453 g/mol. The van der Waals surface area contributed by atoms with Crippen LogP contribution in [0.15, 0.2) is 36.7 Å². The van der Waals surface area contributed by atoms with Gasteiger partial charge in [0.2, 0.25) is 11.8 Å². The molecule has 2 N–H and O–H groups in total. The summed E-state index contributed by atoms with van der Waals surface area (Å²) >= 11 is 0. The number of piperidine rings is 1. The van der Waals surface area contributed by atoms with E-state index in [2.05, 4.69) is 15.6 Å². The Morgan fingerprint density at radius 3 is 2.71 bits per heavy atom. The van der Waals surface area contributed by atoms with Crippen LogP contribution < -0.4 is 10.6 Å². The lowest BCUT2D eigenvalue weighted by atomic mass is 9.93. The van der Waals surface area contributed by atoms with E-state index in [9.17, 15) is 19.2 Å². The molecule has 2 aromatic heterocycles. The van der Waals surface area contributed by atoms with Crippen molar-refractivity contribution in [3.8, 4) is 0 Å². The van der Waals surface area contributed by atoms with Crippen LogP contribution in [0.5, 0.6) is 0 Å². The van der Waals surface area contributed by atoms with E-state index in [0.29, 0.717) is 28.2 Å². The number of aromatic nitrogens is 2. The van der Waals surface area contributed by atoms with Crippen LogP contribution in [0.1, 0.15) is 64.4 Å². The molecule has 1 saturated carbocycles. The standard InChI is InChI=1S/C25H22FN5O4/c26-21-17-8-9-30(15-2-1-3-15)22(17)27-11-18(21)28-23(33)13-4-5-16-14(10-13)12-31(25(16)35)19-6-7-20(32)29-24(19)34/h4-5,8-11,15,19H,1-3,6-7,12H2,(H,28,33)(H,29,32,34). The summed E-state index contributed by atoms with van der Waals surface area (Å²) in [5, 5.41) is 5.21. The van der Waals surface area contributed by atoms with Crippen molar-refractivity contribution >= 4 is 40.3 Å². The summed E-state index contributed by atoms with van der Waals surface area (Å²) in [6.45, 7) is 0.151. The zero-order chi connectivity index (χ0) is 24.3. The van der Waals surface area contributed by atoms with Crippen LogP contribution in [-0.4, -0.2) is 44.1 Å². The second kappa shape index (κ2) is 8.00. The van der Waals surface area contributed by atoms with Gasteiger partial charge in [-0.2, -0.15) is 0 Å². The average Bonchev–Trinajstić information content (AvgIpc) is 3.36. The van der Waals surface area contributed by atoms with Crippen LogP contribution in [-0.2, 0) is 16.1 Å². The van der Waals surface area contributed by atoms with Crippen molar-refractivity contribution in [2.24, 2.45) is 0 Å². The van der Waals surface area contributed by atoms with Crippen molar-refractivity contribution in [1.29, 1.82) is 0 Å². The molecule has 4 heterocycles. The van der Waals surface area contributed by atoms with Crippen molar-refractivity contribution in [3.05, 3.63) is 59.2 Å². The van der Waals surface area contributed by atoms with Crippen LogP contribution in [0.2, 0.25) is 0 Å². The quantitative estimate of drug-likeness (QED) is 0.564. The number of anilines is 1. The van der Waals surface area contributed by atoms with Gasteiger partial charge < -0.3 is 14.8 Å². The molecule has 10 heteroatoms. The van der Waals surface area contributed by atoms with E-state index >= 15 is 4.39 Å². The van der Waals surface area contributed by atoms with Crippen molar-refractivity contribution < 1.29 is 23.6 Å². The number of nitrogens with one attached hydrogen (secondary N) is 2. The molecule has 1 unspecified atom stereocenters. The smallest absolute Gasteiger partial charge is 0.255 e. The maximum absolute atomic E-state index is 15.2. The minimum atomic E-state index is -0.732. The van der Waals surface area contributed by atoms with Gasteiger partial charge in [0.25, 0.3) is 11.8 Å². The Balaban J connectivity index is 1.21. The molecule has 1 atom stereocenters. The fourth-order valence-corrected chi connectivity index (χ4v) is 5.03. The van der Waals surface area contributed by atoms with Gasteiger partial charge in [0.05, 0.1) is 17.3 Å².